The summed E-state index contributed by atoms with van der Waals surface area (Å²) in [6.45, 7) is 0. The molecule has 0 fully saturated rings. The smallest absolute Gasteiger partial charge is 0.271 e. The van der Waals surface area contributed by atoms with Gasteiger partial charge in [-0.2, -0.15) is 10.5 Å². The molecule has 0 amide bonds. The lowest BCUT2D eigenvalue weighted by atomic mass is 10.2. The molecule has 1 aromatic carbocycles. The first-order chi connectivity index (χ1) is 8.24. The Morgan fingerprint density at radius 3 is 2.76 bits per heavy atom. The van der Waals surface area contributed by atoms with Crippen LogP contribution in [0.1, 0.15) is 0 Å². The number of benzene rings is 1. The molecule has 0 spiro atoms. The van der Waals surface area contributed by atoms with Crippen LogP contribution in [-0.2, 0) is 0 Å². The summed E-state index contributed by atoms with van der Waals surface area (Å²) in [6.07, 6.45) is 1.29. The van der Waals surface area contributed by atoms with E-state index in [1.54, 1.807) is 30.3 Å². The van der Waals surface area contributed by atoms with Gasteiger partial charge in [0.05, 0.1) is 10.9 Å². The van der Waals surface area contributed by atoms with Crippen LogP contribution in [0.15, 0.2) is 34.8 Å². The minimum atomic E-state index is -0.214. The lowest BCUT2D eigenvalue weighted by Gasteiger charge is -1.99. The molecule has 82 valence electrons. The van der Waals surface area contributed by atoms with Gasteiger partial charge in [0.15, 0.2) is 0 Å². The predicted octanol–water partition coefficient (Wildman–Crippen LogP) is 1.20. The van der Waals surface area contributed by atoms with Crippen LogP contribution in [0.5, 0.6) is 0 Å². The molecule has 6 nitrogen and oxygen atoms in total. The van der Waals surface area contributed by atoms with Gasteiger partial charge in [-0.3, -0.25) is 15.0 Å². The maximum atomic E-state index is 11.3. The average Bonchev–Trinajstić information content (AvgIpc) is 2.72. The topological polar surface area (TPSA) is 108 Å². The van der Waals surface area contributed by atoms with Crippen LogP contribution in [0.2, 0.25) is 0 Å². The van der Waals surface area contributed by atoms with Gasteiger partial charge in [-0.15, -0.1) is 0 Å². The van der Waals surface area contributed by atoms with Crippen LogP contribution < -0.4 is 10.9 Å². The summed E-state index contributed by atoms with van der Waals surface area (Å²) in [5, 5.41) is 25.6. The van der Waals surface area contributed by atoms with Crippen LogP contribution in [0.3, 0.4) is 0 Å². The summed E-state index contributed by atoms with van der Waals surface area (Å²) in [6, 6.07) is 8.55. The number of aromatic nitrogens is 2. The number of nitriles is 2. The van der Waals surface area contributed by atoms with Crippen molar-refractivity contribution in [2.75, 3.05) is 5.32 Å². The summed E-state index contributed by atoms with van der Waals surface area (Å²) in [7, 11) is 0. The number of nitrogens with zero attached hydrogens (tertiary/aromatic N) is 2. The highest BCUT2D eigenvalue weighted by Gasteiger charge is 2.01. The first-order valence-electron chi connectivity index (χ1n) is 4.72. The number of allylic oxidation sites excluding steroid dienone is 1. The number of fused-ring (bicyclic) bond motifs is 1. The molecule has 1 aromatic heterocycles. The Hall–Kier alpha value is -2.99. The monoisotopic (exact) mass is 225 g/mol. The van der Waals surface area contributed by atoms with Gasteiger partial charge in [-0.05, 0) is 18.2 Å². The van der Waals surface area contributed by atoms with E-state index in [-0.39, 0.29) is 11.1 Å². The van der Waals surface area contributed by atoms with Gasteiger partial charge in [-0.25, -0.2) is 0 Å². The average molecular weight is 225 g/mol. The summed E-state index contributed by atoms with van der Waals surface area (Å²) >= 11 is 0. The molecule has 3 N–H and O–H groups in total. The highest BCUT2D eigenvalue weighted by atomic mass is 16.1. The Labute approximate surface area is 95.8 Å². The first kappa shape index (κ1) is 10.5. The molecule has 0 saturated heterocycles. The molecular weight excluding hydrogens is 218 g/mol. The van der Waals surface area contributed by atoms with E-state index in [1.807, 2.05) is 0 Å². The van der Waals surface area contributed by atoms with E-state index in [0.29, 0.717) is 16.6 Å². The Kier molecular flexibility index (Phi) is 2.63. The second kappa shape index (κ2) is 4.25. The van der Waals surface area contributed by atoms with Crippen molar-refractivity contribution in [1.82, 2.24) is 10.2 Å². The summed E-state index contributed by atoms with van der Waals surface area (Å²) < 4.78 is 0. The second-order valence-corrected chi connectivity index (χ2v) is 3.27. The van der Waals surface area contributed by atoms with Gasteiger partial charge in [0, 0.05) is 11.9 Å². The molecule has 0 atom stereocenters. The van der Waals surface area contributed by atoms with Crippen LogP contribution in [-0.4, -0.2) is 10.2 Å². The van der Waals surface area contributed by atoms with Gasteiger partial charge in [-0.1, -0.05) is 0 Å². The molecule has 0 aliphatic rings. The molecule has 0 aliphatic heterocycles. The van der Waals surface area contributed by atoms with E-state index < -0.39 is 0 Å². The van der Waals surface area contributed by atoms with Gasteiger partial charge in [0.1, 0.15) is 17.7 Å². The van der Waals surface area contributed by atoms with Crippen molar-refractivity contribution in [3.05, 3.63) is 40.3 Å². The number of rotatable bonds is 2. The Balaban J connectivity index is 2.35. The lowest BCUT2D eigenvalue weighted by Crippen LogP contribution is -1.98. The van der Waals surface area contributed by atoms with Crippen LogP contribution in [0.4, 0.5) is 5.69 Å². The van der Waals surface area contributed by atoms with Crippen molar-refractivity contribution < 1.29 is 0 Å². The molecule has 1 heterocycles. The van der Waals surface area contributed by atoms with E-state index in [0.717, 1.165) is 0 Å². The zero-order chi connectivity index (χ0) is 12.3. The molecule has 0 unspecified atom stereocenters. The molecule has 2 rings (SSSR count). The Morgan fingerprint density at radius 2 is 2.06 bits per heavy atom. The van der Waals surface area contributed by atoms with E-state index in [2.05, 4.69) is 15.5 Å². The fraction of sp³-hybridized carbons (Fsp3) is 0. The van der Waals surface area contributed by atoms with Crippen LogP contribution in [0.25, 0.3) is 10.9 Å². The maximum Gasteiger partial charge on any atom is 0.271 e. The second-order valence-electron chi connectivity index (χ2n) is 3.27. The minimum Gasteiger partial charge on any atom is -0.360 e. The third-order valence-corrected chi connectivity index (χ3v) is 2.20. The molecular formula is C11H7N5O. The minimum absolute atomic E-state index is 0.0342. The van der Waals surface area contributed by atoms with Crippen molar-refractivity contribution in [3.63, 3.8) is 0 Å². The third-order valence-electron chi connectivity index (χ3n) is 2.20. The van der Waals surface area contributed by atoms with Crippen molar-refractivity contribution in [2.45, 2.75) is 0 Å². The first-order valence-corrected chi connectivity index (χ1v) is 4.72. The zero-order valence-corrected chi connectivity index (χ0v) is 8.61. The Morgan fingerprint density at radius 1 is 1.29 bits per heavy atom. The molecule has 0 radical (unpaired) electrons. The molecule has 2 aromatic rings. The number of hydrogen-bond donors (Lipinski definition) is 3. The van der Waals surface area contributed by atoms with E-state index >= 15 is 0 Å². The van der Waals surface area contributed by atoms with E-state index in [9.17, 15) is 4.79 Å². The quantitative estimate of drug-likeness (QED) is 0.667. The SMILES string of the molecule is N#CC(C#N)=CNc1ccc2[nH][nH]c(=O)c2c1. The molecule has 6 heteroatoms. The number of hydrogen-bond acceptors (Lipinski definition) is 4. The van der Waals surface area contributed by atoms with E-state index in [1.165, 1.54) is 6.20 Å². The number of anilines is 1. The van der Waals surface area contributed by atoms with E-state index in [4.69, 9.17) is 10.5 Å². The largest absolute Gasteiger partial charge is 0.360 e. The van der Waals surface area contributed by atoms with Crippen LogP contribution in [0, 0.1) is 22.7 Å². The standard InChI is InChI=1S/C11H7N5O/c12-4-7(5-13)6-14-8-1-2-10-9(3-8)11(17)16-15-10/h1-3,6,14H,(H2,15,16,17). The lowest BCUT2D eigenvalue weighted by molar-refractivity contribution is 1.08. The van der Waals surface area contributed by atoms with Crippen molar-refractivity contribution in [3.8, 4) is 12.1 Å². The fourth-order valence-corrected chi connectivity index (χ4v) is 1.37. The number of aromatic amines is 2. The normalized spacial score (nSPS) is 9.29. The van der Waals surface area contributed by atoms with Crippen molar-refractivity contribution >= 4 is 16.6 Å². The molecule has 0 aliphatic carbocycles. The van der Waals surface area contributed by atoms with Gasteiger partial charge < -0.3 is 5.32 Å². The molecule has 17 heavy (non-hydrogen) atoms. The maximum absolute atomic E-state index is 11.3. The van der Waals surface area contributed by atoms with Gasteiger partial charge in [0.25, 0.3) is 5.56 Å². The van der Waals surface area contributed by atoms with Gasteiger partial charge in [0.2, 0.25) is 0 Å². The summed E-state index contributed by atoms with van der Waals surface area (Å²) in [5.74, 6) is 0. The number of nitrogens with one attached hydrogen (secondary N) is 3. The van der Waals surface area contributed by atoms with Crippen LogP contribution >= 0.6 is 0 Å². The Bertz CT molecular complexity index is 707. The summed E-state index contributed by atoms with van der Waals surface area (Å²) in [4.78, 5) is 11.3. The molecule has 0 bridgehead atoms. The predicted molar refractivity (Wildman–Crippen MR) is 61.9 cm³/mol. The zero-order valence-electron chi connectivity index (χ0n) is 8.61. The fourth-order valence-electron chi connectivity index (χ4n) is 1.37. The van der Waals surface area contributed by atoms with Crippen molar-refractivity contribution in [2.24, 2.45) is 0 Å². The molecule has 0 saturated carbocycles. The van der Waals surface area contributed by atoms with Crippen molar-refractivity contribution in [1.29, 1.82) is 10.5 Å². The third kappa shape index (κ3) is 2.01. The highest BCUT2D eigenvalue weighted by Crippen LogP contribution is 2.14. The summed E-state index contributed by atoms with van der Waals surface area (Å²) in [5.41, 5.74) is 1.08. The number of H-pyrrole nitrogens is 2. The van der Waals surface area contributed by atoms with Gasteiger partial charge >= 0.3 is 0 Å². The highest BCUT2D eigenvalue weighted by molar-refractivity contribution is 5.81.